The van der Waals surface area contributed by atoms with Gasteiger partial charge in [0.1, 0.15) is 44.0 Å². The van der Waals surface area contributed by atoms with Gasteiger partial charge in [-0.05, 0) is 166 Å². The Balaban J connectivity index is 0.000000190. The van der Waals surface area contributed by atoms with Crippen molar-refractivity contribution in [1.29, 1.82) is 0 Å². The van der Waals surface area contributed by atoms with E-state index in [0.29, 0.717) is 132 Å². The van der Waals surface area contributed by atoms with Gasteiger partial charge >= 0.3 is 0 Å². The lowest BCUT2D eigenvalue weighted by Gasteiger charge is -2.16. The maximum absolute atomic E-state index is 14.5. The smallest absolute Gasteiger partial charge is 0.220 e. The highest BCUT2D eigenvalue weighted by molar-refractivity contribution is 6.77. The number of nitrogens with two attached hydrogens (primary N) is 1. The van der Waals surface area contributed by atoms with Crippen LogP contribution in [0.25, 0.3) is 101 Å². The average molecular weight is 1690 g/mol. The fourth-order valence-corrected chi connectivity index (χ4v) is 16.1. The first-order valence-electron chi connectivity index (χ1n) is 40.7. The maximum Gasteiger partial charge on any atom is 0.220 e. The van der Waals surface area contributed by atoms with Crippen molar-refractivity contribution in [2.45, 2.75) is 216 Å². The predicted octanol–water partition coefficient (Wildman–Crippen LogP) is 18.7. The minimum Gasteiger partial charge on any atom is -0.505 e. The fourth-order valence-electron chi connectivity index (χ4n) is 13.1. The van der Waals surface area contributed by atoms with Gasteiger partial charge < -0.3 is 64.8 Å². The van der Waals surface area contributed by atoms with Crippen molar-refractivity contribution in [2.75, 3.05) is 26.4 Å². The maximum atomic E-state index is 14.5. The number of phenols is 3. The number of hydrogen-bond acceptors (Lipinski definition) is 16. The van der Waals surface area contributed by atoms with E-state index in [0.717, 1.165) is 118 Å². The third-order valence-electron chi connectivity index (χ3n) is 20.3. The van der Waals surface area contributed by atoms with Crippen LogP contribution in [-0.2, 0) is 94.4 Å². The number of benzene rings is 6. The summed E-state index contributed by atoms with van der Waals surface area (Å²) < 4.78 is 75.0. The molecule has 31 heteroatoms. The molecule has 9 N–H and O–H groups in total. The SMILES string of the molecule is CCC(=O)NCc1cn(COCC[Si](C)(C)C)c(-c2nn(COCC[Si](C)(C)C)c3cc(-c4cc(F)c(O)cc4CC)ccc23)n1.CCC(=O)NCc1cnc(-c2n[nH]c3cc(-c4cc(F)c(O)cc4CC)ccc23)[nH]1.CCc1cc(O)c(F)cc1-c1ccc2c(-c3nc(CN)cn3COCC[Si](C)(C)C)nn(COCC[Si](C)(C)C)c2c1. The van der Waals surface area contributed by atoms with Gasteiger partial charge in [0, 0.05) is 107 Å². The molecular weight excluding hydrogens is 1570 g/mol. The van der Waals surface area contributed by atoms with Crippen molar-refractivity contribution in [3.05, 3.63) is 161 Å². The number of halogens is 3. The third-order valence-corrected chi connectivity index (χ3v) is 27.1. The van der Waals surface area contributed by atoms with Gasteiger partial charge in [0.15, 0.2) is 52.2 Å². The van der Waals surface area contributed by atoms with Crippen LogP contribution in [-0.4, -0.2) is 145 Å². The summed E-state index contributed by atoms with van der Waals surface area (Å²) in [5, 5.41) is 55.4. The van der Waals surface area contributed by atoms with Gasteiger partial charge in [-0.2, -0.15) is 15.3 Å². The minimum absolute atomic E-state index is 0.0268. The zero-order valence-corrected chi connectivity index (χ0v) is 75.5. The van der Waals surface area contributed by atoms with E-state index in [1.807, 2.05) is 113 Å². The number of nitrogens with one attached hydrogen (secondary N) is 4. The highest BCUT2D eigenvalue weighted by Gasteiger charge is 2.26. The van der Waals surface area contributed by atoms with Crippen molar-refractivity contribution in [3.63, 3.8) is 0 Å². The van der Waals surface area contributed by atoms with Crippen LogP contribution in [0.5, 0.6) is 17.2 Å². The average Bonchev–Trinajstić information content (AvgIpc) is 1.60. The van der Waals surface area contributed by atoms with Crippen LogP contribution in [0, 0.1) is 17.5 Å². The standard InChI is InChI=1S/C34H50FN5O4Si2.C31H46FN5O3Si2.C22H22FN5O2/c1-9-24-18-31(41)29(35)19-28(24)25-11-12-27-30(17-25)40(23-44-14-16-46(6,7)8)38-33(27)34-37-26(20-36-32(42)10-2)21-39(34)22-43-13-15-45(3,4)5;1-8-22-16-29(38)27(32)17-26(22)23-9-10-25-28(15-23)37(21-40-12-14-42(5,6)7)35-30(25)31-34-24(18-33)19-36(31)20-39-11-13-41(2,3)4;1-3-12-8-19(29)17(23)9-16(12)13-5-6-15-18(7-13)27-28-21(15)22-25-11-14(26-22)10-24-20(30)4-2/h11-12,17-19,21,41H,9-10,13-16,20,22-23H2,1-8H3,(H,36,42);9-10,15-17,19,38H,8,11-14,18,20-21,33H2,1-7H3;5-9,11,29H,3-4,10H2,1-2H3,(H,24,30)(H,25,26)(H,27,28). The van der Waals surface area contributed by atoms with Gasteiger partial charge in [-0.15, -0.1) is 0 Å². The molecule has 12 rings (SSSR count). The second-order valence-corrected chi connectivity index (χ2v) is 57.1. The van der Waals surface area contributed by atoms with E-state index in [2.05, 4.69) is 109 Å². The molecule has 0 fully saturated rings. The lowest BCUT2D eigenvalue weighted by Crippen LogP contribution is -2.22. The molecule has 6 aromatic heterocycles. The number of carbonyl (C=O) groups excluding carboxylic acids is 2. The van der Waals surface area contributed by atoms with Crippen molar-refractivity contribution in [1.82, 2.24) is 69.5 Å². The van der Waals surface area contributed by atoms with Gasteiger partial charge in [-0.25, -0.2) is 37.5 Å². The zero-order valence-electron chi connectivity index (χ0n) is 71.5. The zero-order chi connectivity index (χ0) is 85.6. The van der Waals surface area contributed by atoms with Crippen molar-refractivity contribution >= 4 is 76.8 Å². The molecule has 0 bridgehead atoms. The number of carbonyl (C=O) groups is 2. The van der Waals surface area contributed by atoms with Crippen molar-refractivity contribution in [3.8, 4) is 85.2 Å². The Morgan fingerprint density at radius 3 is 1.26 bits per heavy atom. The largest absolute Gasteiger partial charge is 0.505 e. The Hall–Kier alpha value is -9.84. The monoisotopic (exact) mass is 1690 g/mol. The first-order valence-corrected chi connectivity index (χ1v) is 55.6. The van der Waals surface area contributed by atoms with Gasteiger partial charge in [0.05, 0.1) is 52.9 Å². The van der Waals surface area contributed by atoms with E-state index in [1.54, 1.807) is 13.1 Å². The topological polar surface area (TPSA) is 310 Å². The molecule has 6 aromatic carbocycles. The number of imidazole rings is 3. The number of fused-ring (bicyclic) bond motifs is 3. The Morgan fingerprint density at radius 2 is 0.864 bits per heavy atom. The summed E-state index contributed by atoms with van der Waals surface area (Å²) in [5.41, 5.74) is 20.0. The number of H-pyrrole nitrogens is 2. The minimum atomic E-state index is -1.29. The first-order chi connectivity index (χ1) is 56.0. The van der Waals surface area contributed by atoms with Crippen molar-refractivity contribution in [2.24, 2.45) is 5.73 Å². The van der Waals surface area contributed by atoms with E-state index >= 15 is 0 Å². The molecule has 0 aliphatic heterocycles. The van der Waals surface area contributed by atoms with E-state index in [-0.39, 0.29) is 42.5 Å². The summed E-state index contributed by atoms with van der Waals surface area (Å²) in [6, 6.07) is 30.5. The van der Waals surface area contributed by atoms with Crippen LogP contribution in [0.1, 0.15) is 81.2 Å². The van der Waals surface area contributed by atoms with Crippen LogP contribution < -0.4 is 16.4 Å². The second kappa shape index (κ2) is 39.8. The fraction of sp³-hybridized carbons (Fsp3) is 0.425. The van der Waals surface area contributed by atoms with E-state index < -0.39 is 49.7 Å². The summed E-state index contributed by atoms with van der Waals surface area (Å²) in [6.45, 7) is 42.3. The number of aryl methyl sites for hydroxylation is 3. The predicted molar refractivity (Wildman–Crippen MR) is 473 cm³/mol. The van der Waals surface area contributed by atoms with Crippen LogP contribution in [0.15, 0.2) is 110 Å². The molecule has 12 aromatic rings. The number of aromatic amines is 2. The van der Waals surface area contributed by atoms with Gasteiger partial charge in [-0.1, -0.05) is 131 Å². The number of nitrogens with zero attached hydrogens (tertiary/aromatic N) is 10. The molecule has 6 heterocycles. The molecule has 2 amide bonds. The molecule has 0 atom stereocenters. The lowest BCUT2D eigenvalue weighted by atomic mass is 9.96. The lowest BCUT2D eigenvalue weighted by molar-refractivity contribution is -0.121. The molecule has 0 unspecified atom stereocenters. The highest BCUT2D eigenvalue weighted by Crippen LogP contribution is 2.39. The molecule has 0 radical (unpaired) electrons. The molecule has 0 aliphatic rings. The van der Waals surface area contributed by atoms with E-state index in [4.69, 9.17) is 44.8 Å². The number of phenolic OH excluding ortho intramolecular Hbond substituents is 3. The first kappa shape index (κ1) is 90.5. The molecular formula is C87H118F3N15O9Si4. The number of amides is 2. The van der Waals surface area contributed by atoms with Crippen LogP contribution in [0.2, 0.25) is 103 Å². The van der Waals surface area contributed by atoms with Gasteiger partial charge in [0.2, 0.25) is 11.8 Å². The number of ether oxygens (including phenoxy) is 4. The molecule has 0 saturated heterocycles. The molecule has 0 spiro atoms. The molecule has 24 nitrogen and oxygen atoms in total. The molecule has 118 heavy (non-hydrogen) atoms. The molecule has 0 saturated carbocycles. The van der Waals surface area contributed by atoms with Crippen LogP contribution in [0.4, 0.5) is 13.2 Å². The number of hydrogen-bond donors (Lipinski definition) is 8. The Morgan fingerprint density at radius 1 is 0.483 bits per heavy atom. The Kier molecular flexibility index (Phi) is 30.5. The quantitative estimate of drug-likeness (QED) is 0.0134. The molecule has 632 valence electrons. The van der Waals surface area contributed by atoms with E-state index in [1.165, 1.54) is 36.4 Å². The Bertz CT molecular complexity index is 5450. The summed E-state index contributed by atoms with van der Waals surface area (Å²) in [7, 11) is -5.03. The summed E-state index contributed by atoms with van der Waals surface area (Å²) >= 11 is 0. The number of aromatic hydroxyl groups is 3. The Labute approximate surface area is 693 Å². The highest BCUT2D eigenvalue weighted by atomic mass is 28.3. The van der Waals surface area contributed by atoms with Crippen LogP contribution >= 0.6 is 0 Å². The number of rotatable bonds is 36. The summed E-state index contributed by atoms with van der Waals surface area (Å²) in [5.74, 6) is -1.13. The van der Waals surface area contributed by atoms with Crippen LogP contribution in [0.3, 0.4) is 0 Å². The number of aromatic nitrogens is 12. The normalized spacial score (nSPS) is 12.1. The van der Waals surface area contributed by atoms with Gasteiger partial charge in [-0.3, -0.25) is 14.7 Å². The van der Waals surface area contributed by atoms with E-state index in [9.17, 15) is 38.1 Å². The second-order valence-electron chi connectivity index (χ2n) is 34.6. The third kappa shape index (κ3) is 24.0. The molecule has 0 aliphatic carbocycles. The summed E-state index contributed by atoms with van der Waals surface area (Å²) in [4.78, 5) is 40.8. The summed E-state index contributed by atoms with van der Waals surface area (Å²) in [6.07, 6.45) is 8.30. The van der Waals surface area contributed by atoms with Gasteiger partial charge in [0.25, 0.3) is 0 Å². The van der Waals surface area contributed by atoms with Crippen molar-refractivity contribution < 1.29 is 57.0 Å².